The van der Waals surface area contributed by atoms with Crippen LogP contribution in [0.15, 0.2) is 24.3 Å². The predicted octanol–water partition coefficient (Wildman–Crippen LogP) is 2.96. The minimum absolute atomic E-state index is 0. The Morgan fingerprint density at radius 1 is 1.11 bits per heavy atom. The highest BCUT2D eigenvalue weighted by Crippen LogP contribution is 2.06. The fourth-order valence-corrected chi connectivity index (χ4v) is 1.89. The summed E-state index contributed by atoms with van der Waals surface area (Å²) in [6.07, 6.45) is 4.38. The average molecular weight is 383 g/mol. The first-order valence-corrected chi connectivity index (χ1v) is 7.06. The number of halogens is 2. The number of nitrogens with two attached hydrogens (primary N) is 1. The van der Waals surface area contributed by atoms with Crippen LogP contribution < -0.4 is 11.1 Å². The first-order valence-electron chi connectivity index (χ1n) is 5.98. The third kappa shape index (κ3) is 7.18. The van der Waals surface area contributed by atoms with Crippen molar-refractivity contribution in [1.29, 1.82) is 0 Å². The maximum Gasteiger partial charge on any atom is 0.251 e. The molecule has 1 amide bonds. The summed E-state index contributed by atoms with van der Waals surface area (Å²) in [5.41, 5.74) is 6.14. The Kier molecular flexibility index (Phi) is 10.4. The Bertz CT molecular complexity index is 343. The van der Waals surface area contributed by atoms with Gasteiger partial charge in [0.15, 0.2) is 0 Å². The minimum Gasteiger partial charge on any atom is -0.352 e. The van der Waals surface area contributed by atoms with Gasteiger partial charge in [-0.05, 0) is 66.2 Å². The van der Waals surface area contributed by atoms with Crippen molar-refractivity contribution in [3.8, 4) is 0 Å². The van der Waals surface area contributed by atoms with Gasteiger partial charge in [0.2, 0.25) is 0 Å². The molecule has 18 heavy (non-hydrogen) atoms. The van der Waals surface area contributed by atoms with Gasteiger partial charge in [-0.2, -0.15) is 0 Å². The molecule has 3 nitrogen and oxygen atoms in total. The lowest BCUT2D eigenvalue weighted by atomic mass is 10.2. The van der Waals surface area contributed by atoms with Crippen LogP contribution in [0.25, 0.3) is 0 Å². The van der Waals surface area contributed by atoms with Gasteiger partial charge in [-0.15, -0.1) is 12.4 Å². The Morgan fingerprint density at radius 3 is 2.33 bits per heavy atom. The van der Waals surface area contributed by atoms with Crippen molar-refractivity contribution in [3.63, 3.8) is 0 Å². The number of hydrogen-bond donors (Lipinski definition) is 2. The van der Waals surface area contributed by atoms with Crippen LogP contribution in [0.1, 0.15) is 36.0 Å². The lowest BCUT2D eigenvalue weighted by molar-refractivity contribution is 0.0953. The number of rotatable bonds is 7. The van der Waals surface area contributed by atoms with Crippen molar-refractivity contribution < 1.29 is 4.79 Å². The molecule has 0 heterocycles. The molecule has 102 valence electrons. The molecule has 0 aliphatic rings. The molecule has 0 saturated heterocycles. The van der Waals surface area contributed by atoms with Crippen LogP contribution in [0.4, 0.5) is 0 Å². The Balaban J connectivity index is 0.00000289. The van der Waals surface area contributed by atoms with Crippen LogP contribution in [0.3, 0.4) is 0 Å². The van der Waals surface area contributed by atoms with Gasteiger partial charge in [0.25, 0.3) is 5.91 Å². The number of hydrogen-bond acceptors (Lipinski definition) is 2. The number of carbonyl (C=O) groups excluding carboxylic acids is 1. The molecule has 0 aliphatic carbocycles. The fraction of sp³-hybridized carbons (Fsp3) is 0.462. The van der Waals surface area contributed by atoms with E-state index in [1.807, 2.05) is 24.3 Å². The van der Waals surface area contributed by atoms with E-state index in [2.05, 4.69) is 27.9 Å². The zero-order chi connectivity index (χ0) is 12.5. The molecule has 0 bridgehead atoms. The quantitative estimate of drug-likeness (QED) is 0.563. The average Bonchev–Trinajstić information content (AvgIpc) is 2.34. The molecule has 3 N–H and O–H groups in total. The lowest BCUT2D eigenvalue weighted by Crippen LogP contribution is -2.24. The zero-order valence-corrected chi connectivity index (χ0v) is 13.3. The van der Waals surface area contributed by atoms with Crippen molar-refractivity contribution in [1.82, 2.24) is 5.32 Å². The molecule has 0 aromatic heterocycles. The van der Waals surface area contributed by atoms with Gasteiger partial charge < -0.3 is 11.1 Å². The second kappa shape index (κ2) is 10.6. The molecule has 1 aromatic rings. The predicted molar refractivity (Wildman–Crippen MR) is 86.3 cm³/mol. The summed E-state index contributed by atoms with van der Waals surface area (Å²) in [5.74, 6) is 0.0141. The summed E-state index contributed by atoms with van der Waals surface area (Å²) >= 11 is 2.23. The SMILES string of the molecule is Cl.NCCCCCCNC(=O)c1ccc(I)cc1. The lowest BCUT2D eigenvalue weighted by Gasteiger charge is -2.05. The maximum atomic E-state index is 11.7. The highest BCUT2D eigenvalue weighted by atomic mass is 127. The third-order valence-corrected chi connectivity index (χ3v) is 3.24. The van der Waals surface area contributed by atoms with E-state index in [0.29, 0.717) is 0 Å². The van der Waals surface area contributed by atoms with Crippen molar-refractivity contribution >= 4 is 40.9 Å². The number of unbranched alkanes of at least 4 members (excludes halogenated alkanes) is 3. The standard InChI is InChI=1S/C13H19IN2O.ClH/c14-12-7-5-11(6-8-12)13(17)16-10-4-2-1-3-9-15;/h5-8H,1-4,9-10,15H2,(H,16,17);1H. The molecule has 0 unspecified atom stereocenters. The summed E-state index contributed by atoms with van der Waals surface area (Å²) in [7, 11) is 0. The van der Waals surface area contributed by atoms with Gasteiger partial charge in [0.1, 0.15) is 0 Å². The highest BCUT2D eigenvalue weighted by Gasteiger charge is 2.03. The number of carbonyl (C=O) groups is 1. The fourth-order valence-electron chi connectivity index (χ4n) is 1.53. The van der Waals surface area contributed by atoms with Crippen LogP contribution in [0, 0.1) is 3.57 Å². The normalized spacial score (nSPS) is 9.67. The summed E-state index contributed by atoms with van der Waals surface area (Å²) in [5, 5.41) is 2.92. The van der Waals surface area contributed by atoms with E-state index in [1.165, 1.54) is 0 Å². The van der Waals surface area contributed by atoms with Crippen molar-refractivity contribution in [2.45, 2.75) is 25.7 Å². The van der Waals surface area contributed by atoms with Gasteiger partial charge >= 0.3 is 0 Å². The van der Waals surface area contributed by atoms with Crippen LogP contribution in [-0.4, -0.2) is 19.0 Å². The first-order chi connectivity index (χ1) is 8.24. The minimum atomic E-state index is 0. The van der Waals surface area contributed by atoms with E-state index < -0.39 is 0 Å². The van der Waals surface area contributed by atoms with Crippen LogP contribution in [0.2, 0.25) is 0 Å². The molecule has 0 saturated carbocycles. The number of amides is 1. The largest absolute Gasteiger partial charge is 0.352 e. The Labute approximate surface area is 128 Å². The van der Waals surface area contributed by atoms with Crippen molar-refractivity contribution in [2.75, 3.05) is 13.1 Å². The molecule has 0 radical (unpaired) electrons. The third-order valence-electron chi connectivity index (χ3n) is 2.52. The maximum absolute atomic E-state index is 11.7. The number of nitrogens with one attached hydrogen (secondary N) is 1. The van der Waals surface area contributed by atoms with Crippen molar-refractivity contribution in [3.05, 3.63) is 33.4 Å². The van der Waals surface area contributed by atoms with Crippen LogP contribution in [0.5, 0.6) is 0 Å². The van der Waals surface area contributed by atoms with E-state index in [0.717, 1.165) is 47.9 Å². The molecule has 1 rings (SSSR count). The molecule has 0 aliphatic heterocycles. The second-order valence-corrected chi connectivity index (χ2v) is 5.21. The molecule has 0 atom stereocenters. The van der Waals surface area contributed by atoms with E-state index in [1.54, 1.807) is 0 Å². The van der Waals surface area contributed by atoms with Gasteiger partial charge in [-0.3, -0.25) is 4.79 Å². The van der Waals surface area contributed by atoms with E-state index in [-0.39, 0.29) is 18.3 Å². The monoisotopic (exact) mass is 382 g/mol. The highest BCUT2D eigenvalue weighted by molar-refractivity contribution is 14.1. The topological polar surface area (TPSA) is 55.1 Å². The Hall–Kier alpha value is -0.330. The molecular formula is C13H20ClIN2O. The zero-order valence-electron chi connectivity index (χ0n) is 10.3. The smallest absolute Gasteiger partial charge is 0.251 e. The second-order valence-electron chi connectivity index (χ2n) is 3.97. The van der Waals surface area contributed by atoms with Gasteiger partial charge in [0, 0.05) is 15.7 Å². The Morgan fingerprint density at radius 2 is 1.72 bits per heavy atom. The summed E-state index contributed by atoms with van der Waals surface area (Å²) < 4.78 is 1.14. The molecule has 5 heteroatoms. The molecule has 0 spiro atoms. The summed E-state index contributed by atoms with van der Waals surface area (Å²) in [6.45, 7) is 1.50. The molecular weight excluding hydrogens is 363 g/mol. The van der Waals surface area contributed by atoms with Gasteiger partial charge in [-0.1, -0.05) is 12.8 Å². The van der Waals surface area contributed by atoms with E-state index in [4.69, 9.17) is 5.73 Å². The van der Waals surface area contributed by atoms with Crippen LogP contribution >= 0.6 is 35.0 Å². The van der Waals surface area contributed by atoms with Crippen molar-refractivity contribution in [2.24, 2.45) is 5.73 Å². The molecule has 0 fully saturated rings. The summed E-state index contributed by atoms with van der Waals surface area (Å²) in [4.78, 5) is 11.7. The van der Waals surface area contributed by atoms with E-state index >= 15 is 0 Å². The van der Waals surface area contributed by atoms with Crippen LogP contribution in [-0.2, 0) is 0 Å². The summed E-state index contributed by atoms with van der Waals surface area (Å²) in [6, 6.07) is 7.59. The van der Waals surface area contributed by atoms with E-state index in [9.17, 15) is 4.79 Å². The number of benzene rings is 1. The van der Waals surface area contributed by atoms with Gasteiger partial charge in [-0.25, -0.2) is 0 Å². The first kappa shape index (κ1) is 17.7. The van der Waals surface area contributed by atoms with Gasteiger partial charge in [0.05, 0.1) is 0 Å². The molecule has 1 aromatic carbocycles.